The average molecular weight is 511 g/mol. The third-order valence-corrected chi connectivity index (χ3v) is 7.18. The van der Waals surface area contributed by atoms with E-state index in [1.165, 1.54) is 12.8 Å². The van der Waals surface area contributed by atoms with Crippen molar-refractivity contribution >= 4 is 21.9 Å². The molecule has 0 amide bonds. The van der Waals surface area contributed by atoms with E-state index in [0.29, 0.717) is 35.2 Å². The minimum atomic E-state index is -0.0258. The average Bonchev–Trinajstić information content (AvgIpc) is 2.92. The maximum atomic E-state index is 13.0. The standard InChI is InChI=1S/C31H46N2O4/c1-5-32(6-2)19-11-9-13-21-35-25-15-17-27-29(23-25)37-30-24-26(16-18-28(30)31(27)34)36-22-14-10-12-20-33(7-3)8-4/h15-18,23-24H,5-14,19-22H2,1-4H3. The summed E-state index contributed by atoms with van der Waals surface area (Å²) in [6, 6.07) is 11.0. The second-order valence-corrected chi connectivity index (χ2v) is 9.62. The fourth-order valence-corrected chi connectivity index (χ4v) is 4.68. The second kappa shape index (κ2) is 15.6. The van der Waals surface area contributed by atoms with Crippen LogP contribution < -0.4 is 14.9 Å². The van der Waals surface area contributed by atoms with Crippen molar-refractivity contribution in [1.29, 1.82) is 0 Å². The van der Waals surface area contributed by atoms with Crippen LogP contribution in [-0.4, -0.2) is 62.3 Å². The Labute approximate surface area is 222 Å². The van der Waals surface area contributed by atoms with Gasteiger partial charge < -0.3 is 23.7 Å². The Balaban J connectivity index is 1.54. The van der Waals surface area contributed by atoms with E-state index in [4.69, 9.17) is 13.9 Å². The summed E-state index contributed by atoms with van der Waals surface area (Å²) >= 11 is 0. The lowest BCUT2D eigenvalue weighted by molar-refractivity contribution is 0.277. The molecule has 37 heavy (non-hydrogen) atoms. The SMILES string of the molecule is CCN(CC)CCCCCOc1ccc2c(=O)c3ccc(OCCCCCN(CC)CC)cc3oc2c1. The largest absolute Gasteiger partial charge is 0.493 e. The van der Waals surface area contributed by atoms with Gasteiger partial charge in [0.25, 0.3) is 0 Å². The number of benzene rings is 2. The van der Waals surface area contributed by atoms with Gasteiger partial charge in [0.1, 0.15) is 22.7 Å². The van der Waals surface area contributed by atoms with E-state index in [-0.39, 0.29) is 5.43 Å². The van der Waals surface area contributed by atoms with Crippen molar-refractivity contribution in [3.05, 3.63) is 46.6 Å². The van der Waals surface area contributed by atoms with E-state index < -0.39 is 0 Å². The number of hydrogen-bond donors (Lipinski definition) is 0. The summed E-state index contributed by atoms with van der Waals surface area (Å²) in [5.41, 5.74) is 1.07. The molecule has 0 radical (unpaired) electrons. The van der Waals surface area contributed by atoms with Gasteiger partial charge >= 0.3 is 0 Å². The highest BCUT2D eigenvalue weighted by atomic mass is 16.5. The summed E-state index contributed by atoms with van der Waals surface area (Å²) in [5.74, 6) is 1.46. The molecule has 0 atom stereocenters. The van der Waals surface area contributed by atoms with Crippen molar-refractivity contribution in [2.24, 2.45) is 0 Å². The number of ether oxygens (including phenoxy) is 2. The Kier molecular flexibility index (Phi) is 12.2. The number of unbranched alkanes of at least 4 members (excludes halogenated alkanes) is 4. The topological polar surface area (TPSA) is 55.1 Å². The van der Waals surface area contributed by atoms with Crippen LogP contribution in [0, 0.1) is 0 Å². The van der Waals surface area contributed by atoms with Crippen molar-refractivity contribution < 1.29 is 13.9 Å². The molecular formula is C31H46N2O4. The minimum Gasteiger partial charge on any atom is -0.493 e. The van der Waals surface area contributed by atoms with Crippen molar-refractivity contribution in [3.8, 4) is 11.5 Å². The number of hydrogen-bond acceptors (Lipinski definition) is 6. The highest BCUT2D eigenvalue weighted by Gasteiger charge is 2.10. The van der Waals surface area contributed by atoms with Crippen LogP contribution in [0.5, 0.6) is 11.5 Å². The monoisotopic (exact) mass is 510 g/mol. The van der Waals surface area contributed by atoms with Gasteiger partial charge in [0.05, 0.1) is 24.0 Å². The molecule has 0 fully saturated rings. The Hall–Kier alpha value is -2.57. The van der Waals surface area contributed by atoms with Crippen LogP contribution in [0.4, 0.5) is 0 Å². The zero-order valence-corrected chi connectivity index (χ0v) is 23.4. The Morgan fingerprint density at radius 2 is 1.05 bits per heavy atom. The summed E-state index contributed by atoms with van der Waals surface area (Å²) < 4.78 is 18.1. The first-order valence-corrected chi connectivity index (χ1v) is 14.3. The number of nitrogens with zero attached hydrogens (tertiary/aromatic N) is 2. The Bertz CT molecular complexity index is 1050. The number of fused-ring (bicyclic) bond motifs is 2. The highest BCUT2D eigenvalue weighted by Crippen LogP contribution is 2.26. The summed E-state index contributed by atoms with van der Waals surface area (Å²) in [7, 11) is 0. The molecule has 6 nitrogen and oxygen atoms in total. The maximum absolute atomic E-state index is 13.0. The van der Waals surface area contributed by atoms with Crippen LogP contribution in [0.3, 0.4) is 0 Å². The fraction of sp³-hybridized carbons (Fsp3) is 0.581. The molecule has 204 valence electrons. The molecule has 0 unspecified atom stereocenters. The maximum Gasteiger partial charge on any atom is 0.200 e. The van der Waals surface area contributed by atoms with Crippen molar-refractivity contribution in [1.82, 2.24) is 9.80 Å². The minimum absolute atomic E-state index is 0.0258. The van der Waals surface area contributed by atoms with Gasteiger partial charge in [-0.25, -0.2) is 0 Å². The molecule has 0 aliphatic carbocycles. The van der Waals surface area contributed by atoms with Crippen molar-refractivity contribution in [2.45, 2.75) is 66.2 Å². The second-order valence-electron chi connectivity index (χ2n) is 9.62. The summed E-state index contributed by atoms with van der Waals surface area (Å²) in [5, 5.41) is 1.14. The fourth-order valence-electron chi connectivity index (χ4n) is 4.68. The number of rotatable bonds is 18. The Morgan fingerprint density at radius 1 is 0.622 bits per heavy atom. The van der Waals surface area contributed by atoms with Gasteiger partial charge in [-0.1, -0.05) is 27.7 Å². The summed E-state index contributed by atoms with van der Waals surface area (Å²) in [6.45, 7) is 16.9. The van der Waals surface area contributed by atoms with Crippen LogP contribution in [-0.2, 0) is 0 Å². The van der Waals surface area contributed by atoms with Crippen LogP contribution >= 0.6 is 0 Å². The molecule has 3 rings (SSSR count). The zero-order chi connectivity index (χ0) is 26.5. The van der Waals surface area contributed by atoms with Crippen LogP contribution in [0.1, 0.15) is 66.2 Å². The normalized spacial score (nSPS) is 11.7. The molecule has 0 bridgehead atoms. The van der Waals surface area contributed by atoms with Crippen LogP contribution in [0.2, 0.25) is 0 Å². The lowest BCUT2D eigenvalue weighted by atomic mass is 10.1. The predicted octanol–water partition coefficient (Wildman–Crippen LogP) is 6.73. The van der Waals surface area contributed by atoms with Gasteiger partial charge in [0, 0.05) is 12.1 Å². The summed E-state index contributed by atoms with van der Waals surface area (Å²) in [4.78, 5) is 17.9. The molecule has 1 heterocycles. The van der Waals surface area contributed by atoms with E-state index in [1.54, 1.807) is 12.1 Å². The molecule has 0 aliphatic rings. The first-order chi connectivity index (χ1) is 18.1. The molecule has 0 aliphatic heterocycles. The Morgan fingerprint density at radius 3 is 1.46 bits per heavy atom. The smallest absolute Gasteiger partial charge is 0.200 e. The van der Waals surface area contributed by atoms with E-state index in [0.717, 1.165) is 76.5 Å². The van der Waals surface area contributed by atoms with Gasteiger partial charge in [0.2, 0.25) is 5.43 Å². The van der Waals surface area contributed by atoms with Gasteiger partial charge in [-0.3, -0.25) is 4.79 Å². The third kappa shape index (κ3) is 8.75. The van der Waals surface area contributed by atoms with Gasteiger partial charge in [0.15, 0.2) is 0 Å². The molecule has 0 N–H and O–H groups in total. The quantitative estimate of drug-likeness (QED) is 0.140. The molecule has 0 spiro atoms. The van der Waals surface area contributed by atoms with E-state index in [1.807, 2.05) is 24.3 Å². The molecule has 1 aromatic heterocycles. The first kappa shape index (κ1) is 29.0. The molecule has 0 saturated heterocycles. The van der Waals surface area contributed by atoms with Crippen LogP contribution in [0.15, 0.2) is 45.6 Å². The molecular weight excluding hydrogens is 464 g/mol. The zero-order valence-electron chi connectivity index (χ0n) is 23.4. The highest BCUT2D eigenvalue weighted by molar-refractivity contribution is 5.90. The van der Waals surface area contributed by atoms with Gasteiger partial charge in [-0.2, -0.15) is 0 Å². The van der Waals surface area contributed by atoms with Crippen molar-refractivity contribution in [3.63, 3.8) is 0 Å². The summed E-state index contributed by atoms with van der Waals surface area (Å²) in [6.07, 6.45) is 6.67. The molecule has 3 aromatic rings. The van der Waals surface area contributed by atoms with Gasteiger partial charge in [-0.15, -0.1) is 0 Å². The van der Waals surface area contributed by atoms with E-state index >= 15 is 0 Å². The third-order valence-electron chi connectivity index (χ3n) is 7.18. The van der Waals surface area contributed by atoms with Gasteiger partial charge in [-0.05, 0) is 102 Å². The lowest BCUT2D eigenvalue weighted by Crippen LogP contribution is -2.23. The van der Waals surface area contributed by atoms with Crippen molar-refractivity contribution in [2.75, 3.05) is 52.5 Å². The molecule has 0 saturated carbocycles. The predicted molar refractivity (Wildman–Crippen MR) is 154 cm³/mol. The first-order valence-electron chi connectivity index (χ1n) is 14.3. The molecule has 2 aromatic carbocycles. The van der Waals surface area contributed by atoms with E-state index in [9.17, 15) is 4.79 Å². The van der Waals surface area contributed by atoms with E-state index in [2.05, 4.69) is 37.5 Å². The van der Waals surface area contributed by atoms with Crippen LogP contribution in [0.25, 0.3) is 21.9 Å². The molecule has 6 heteroatoms. The lowest BCUT2D eigenvalue weighted by Gasteiger charge is -2.17.